The van der Waals surface area contributed by atoms with Gasteiger partial charge in [0, 0.05) is 5.69 Å². The molecular formula is C21H20N2O7. The van der Waals surface area contributed by atoms with Crippen LogP contribution in [0.3, 0.4) is 0 Å². The maximum Gasteiger partial charge on any atom is 0.339 e. The van der Waals surface area contributed by atoms with Crippen LogP contribution in [0.2, 0.25) is 0 Å². The highest BCUT2D eigenvalue weighted by Crippen LogP contribution is 2.23. The van der Waals surface area contributed by atoms with Gasteiger partial charge < -0.3 is 14.5 Å². The Balaban J connectivity index is 1.70. The molecule has 30 heavy (non-hydrogen) atoms. The highest BCUT2D eigenvalue weighted by Gasteiger charge is 2.37. The van der Waals surface area contributed by atoms with E-state index in [-0.39, 0.29) is 22.4 Å². The molecule has 0 bridgehead atoms. The van der Waals surface area contributed by atoms with Crippen molar-refractivity contribution in [2.24, 2.45) is 0 Å². The monoisotopic (exact) mass is 412 g/mol. The number of aromatic nitrogens is 1. The van der Waals surface area contributed by atoms with E-state index < -0.39 is 42.2 Å². The van der Waals surface area contributed by atoms with Crippen LogP contribution in [0.4, 0.5) is 0 Å². The maximum atomic E-state index is 12.7. The lowest BCUT2D eigenvalue weighted by molar-refractivity contribution is -0.146. The number of Topliss-reactive ketones (excluding diaryl/α,β-unsaturated/α-hetero) is 1. The molecule has 2 heterocycles. The lowest BCUT2D eigenvalue weighted by atomic mass is 10.1. The lowest BCUT2D eigenvalue weighted by Crippen LogP contribution is -2.37. The first-order valence-corrected chi connectivity index (χ1v) is 9.13. The molecule has 0 saturated carbocycles. The number of rotatable bonds is 6. The molecule has 1 aromatic heterocycles. The van der Waals surface area contributed by atoms with E-state index in [0.29, 0.717) is 11.3 Å². The standard InChI is InChI=1S/C21H20N2O7/c1-10-16(21(28)29-4)11(2)22-17(10)18(25)12(3)30-15(24)9-23-19(26)13-7-5-6-8-14(13)20(23)27/h5-8,12,22H,9H2,1-4H3/t12-/m1/s1. The van der Waals surface area contributed by atoms with Crippen LogP contribution in [0, 0.1) is 13.8 Å². The smallest absolute Gasteiger partial charge is 0.339 e. The molecule has 1 aliphatic rings. The number of aromatic amines is 1. The summed E-state index contributed by atoms with van der Waals surface area (Å²) in [7, 11) is 1.24. The van der Waals surface area contributed by atoms with Crippen LogP contribution in [0.1, 0.15) is 59.7 Å². The summed E-state index contributed by atoms with van der Waals surface area (Å²) < 4.78 is 9.86. The average Bonchev–Trinajstić information content (AvgIpc) is 3.15. The summed E-state index contributed by atoms with van der Waals surface area (Å²) >= 11 is 0. The highest BCUT2D eigenvalue weighted by atomic mass is 16.5. The summed E-state index contributed by atoms with van der Waals surface area (Å²) in [5.41, 5.74) is 1.62. The van der Waals surface area contributed by atoms with Gasteiger partial charge in [0.05, 0.1) is 29.5 Å². The lowest BCUT2D eigenvalue weighted by Gasteiger charge is -2.16. The third kappa shape index (κ3) is 3.49. The normalized spacial score (nSPS) is 13.8. The Kier molecular flexibility index (Phi) is 5.55. The zero-order chi connectivity index (χ0) is 22.2. The molecule has 9 nitrogen and oxygen atoms in total. The second-order valence-electron chi connectivity index (χ2n) is 6.85. The van der Waals surface area contributed by atoms with Gasteiger partial charge in [0.15, 0.2) is 6.10 Å². The van der Waals surface area contributed by atoms with Gasteiger partial charge in [0.2, 0.25) is 5.78 Å². The predicted molar refractivity (Wildman–Crippen MR) is 103 cm³/mol. The number of carbonyl (C=O) groups is 5. The van der Waals surface area contributed by atoms with Crippen LogP contribution in [-0.4, -0.2) is 59.2 Å². The minimum Gasteiger partial charge on any atom is -0.465 e. The van der Waals surface area contributed by atoms with Crippen molar-refractivity contribution < 1.29 is 33.4 Å². The number of H-pyrrole nitrogens is 1. The number of amides is 2. The van der Waals surface area contributed by atoms with Crippen molar-refractivity contribution in [1.82, 2.24) is 9.88 Å². The number of hydrogen-bond acceptors (Lipinski definition) is 7. The van der Waals surface area contributed by atoms with Crippen LogP contribution < -0.4 is 0 Å². The fourth-order valence-corrected chi connectivity index (χ4v) is 3.41. The van der Waals surface area contributed by atoms with Gasteiger partial charge in [-0.1, -0.05) is 12.1 Å². The van der Waals surface area contributed by atoms with Crippen LogP contribution in [0.5, 0.6) is 0 Å². The van der Waals surface area contributed by atoms with Crippen molar-refractivity contribution in [2.75, 3.05) is 13.7 Å². The number of nitrogens with zero attached hydrogens (tertiary/aromatic N) is 1. The summed E-state index contributed by atoms with van der Waals surface area (Å²) in [5, 5.41) is 0. The van der Waals surface area contributed by atoms with Crippen LogP contribution in [-0.2, 0) is 14.3 Å². The summed E-state index contributed by atoms with van der Waals surface area (Å²) in [6, 6.07) is 6.25. The number of ketones is 1. The number of nitrogens with one attached hydrogen (secondary N) is 1. The fraction of sp³-hybridized carbons (Fsp3) is 0.286. The summed E-state index contributed by atoms with van der Waals surface area (Å²) in [6.45, 7) is 3.96. The summed E-state index contributed by atoms with van der Waals surface area (Å²) in [5.74, 6) is -3.23. The Morgan fingerprint density at radius 1 is 1.07 bits per heavy atom. The molecule has 0 aliphatic carbocycles. The van der Waals surface area contributed by atoms with Crippen molar-refractivity contribution in [3.63, 3.8) is 0 Å². The van der Waals surface area contributed by atoms with Gasteiger partial charge in [-0.3, -0.25) is 24.1 Å². The number of carbonyl (C=O) groups excluding carboxylic acids is 5. The van der Waals surface area contributed by atoms with Crippen molar-refractivity contribution in [1.29, 1.82) is 0 Å². The molecule has 0 saturated heterocycles. The average molecular weight is 412 g/mol. The molecule has 3 rings (SSSR count). The minimum absolute atomic E-state index is 0.119. The van der Waals surface area contributed by atoms with E-state index in [9.17, 15) is 24.0 Å². The number of methoxy groups -OCH3 is 1. The minimum atomic E-state index is -1.20. The van der Waals surface area contributed by atoms with E-state index in [2.05, 4.69) is 4.98 Å². The van der Waals surface area contributed by atoms with E-state index in [1.165, 1.54) is 26.2 Å². The second kappa shape index (κ2) is 7.94. The maximum absolute atomic E-state index is 12.7. The number of esters is 2. The number of benzene rings is 1. The van der Waals surface area contributed by atoms with Crippen molar-refractivity contribution >= 4 is 29.5 Å². The third-order valence-corrected chi connectivity index (χ3v) is 4.92. The van der Waals surface area contributed by atoms with Crippen LogP contribution in [0.25, 0.3) is 0 Å². The molecule has 0 fully saturated rings. The number of fused-ring (bicyclic) bond motifs is 1. The molecular weight excluding hydrogens is 392 g/mol. The van der Waals surface area contributed by atoms with E-state index >= 15 is 0 Å². The molecule has 156 valence electrons. The summed E-state index contributed by atoms with van der Waals surface area (Å²) in [6.07, 6.45) is -1.20. The van der Waals surface area contributed by atoms with Crippen LogP contribution >= 0.6 is 0 Å². The molecule has 0 spiro atoms. The molecule has 2 aromatic rings. The topological polar surface area (TPSA) is 123 Å². The zero-order valence-corrected chi connectivity index (χ0v) is 16.9. The van der Waals surface area contributed by atoms with Gasteiger partial charge in [0.25, 0.3) is 11.8 Å². The number of hydrogen-bond donors (Lipinski definition) is 1. The Morgan fingerprint density at radius 2 is 1.63 bits per heavy atom. The quantitative estimate of drug-likeness (QED) is 0.436. The first-order chi connectivity index (χ1) is 14.2. The number of imide groups is 1. The van der Waals surface area contributed by atoms with Gasteiger partial charge in [-0.2, -0.15) is 0 Å². The van der Waals surface area contributed by atoms with E-state index in [1.807, 2.05) is 0 Å². The second-order valence-corrected chi connectivity index (χ2v) is 6.85. The van der Waals surface area contributed by atoms with Gasteiger partial charge in [0.1, 0.15) is 6.54 Å². The molecule has 2 amide bonds. The van der Waals surface area contributed by atoms with Gasteiger partial charge in [-0.25, -0.2) is 4.79 Å². The summed E-state index contributed by atoms with van der Waals surface area (Å²) in [4.78, 5) is 65.2. The molecule has 1 aromatic carbocycles. The Hall–Kier alpha value is -3.75. The van der Waals surface area contributed by atoms with Gasteiger partial charge in [-0.05, 0) is 38.5 Å². The van der Waals surface area contributed by atoms with Crippen molar-refractivity contribution in [3.8, 4) is 0 Å². The Labute approximate surface area is 172 Å². The molecule has 0 unspecified atom stereocenters. The number of ether oxygens (including phenoxy) is 2. The molecule has 0 radical (unpaired) electrons. The Morgan fingerprint density at radius 3 is 2.17 bits per heavy atom. The Bertz CT molecular complexity index is 1050. The predicted octanol–water partition coefficient (Wildman–Crippen LogP) is 1.83. The van der Waals surface area contributed by atoms with Gasteiger partial charge >= 0.3 is 11.9 Å². The van der Waals surface area contributed by atoms with E-state index in [4.69, 9.17) is 9.47 Å². The van der Waals surface area contributed by atoms with Crippen molar-refractivity contribution in [3.05, 3.63) is 57.9 Å². The van der Waals surface area contributed by atoms with Crippen molar-refractivity contribution in [2.45, 2.75) is 26.9 Å². The molecule has 9 heteroatoms. The fourth-order valence-electron chi connectivity index (χ4n) is 3.41. The first-order valence-electron chi connectivity index (χ1n) is 9.13. The van der Waals surface area contributed by atoms with Gasteiger partial charge in [-0.15, -0.1) is 0 Å². The molecule has 1 aliphatic heterocycles. The third-order valence-electron chi connectivity index (χ3n) is 4.92. The largest absolute Gasteiger partial charge is 0.465 e. The zero-order valence-electron chi connectivity index (χ0n) is 16.9. The first kappa shape index (κ1) is 21.0. The molecule has 1 N–H and O–H groups in total. The van der Waals surface area contributed by atoms with Crippen LogP contribution in [0.15, 0.2) is 24.3 Å². The van der Waals surface area contributed by atoms with E-state index in [0.717, 1.165) is 4.90 Å². The van der Waals surface area contributed by atoms with E-state index in [1.54, 1.807) is 26.0 Å². The highest BCUT2D eigenvalue weighted by molar-refractivity contribution is 6.22. The SMILES string of the molecule is COC(=O)c1c(C)[nH]c(C(=O)[C@@H](C)OC(=O)CN2C(=O)c3ccccc3C2=O)c1C. The molecule has 1 atom stereocenters. The number of aryl methyl sites for hydroxylation is 1.